The maximum Gasteiger partial charge on any atom is 0.251 e. The molecule has 0 bridgehead atoms. The lowest BCUT2D eigenvalue weighted by Crippen LogP contribution is -2.41. The van der Waals surface area contributed by atoms with Crippen LogP contribution >= 0.6 is 0 Å². The minimum Gasteiger partial charge on any atom is -0.457 e. The van der Waals surface area contributed by atoms with Crippen molar-refractivity contribution in [2.45, 2.75) is 18.9 Å². The summed E-state index contributed by atoms with van der Waals surface area (Å²) in [6.45, 7) is 0.483. The Labute approximate surface area is 130 Å². The zero-order chi connectivity index (χ0) is 15.4. The molecule has 1 amide bonds. The maximum atomic E-state index is 12.3. The molecule has 0 radical (unpaired) electrons. The summed E-state index contributed by atoms with van der Waals surface area (Å²) in [6, 6.07) is 16.8. The van der Waals surface area contributed by atoms with E-state index in [2.05, 4.69) is 5.32 Å². The lowest BCUT2D eigenvalue weighted by atomic mass is 10.1. The fraction of sp³-hybridized carbons (Fsp3) is 0.278. The highest BCUT2D eigenvalue weighted by atomic mass is 16.5. The summed E-state index contributed by atoms with van der Waals surface area (Å²) in [5, 5.41) is 3.02. The Morgan fingerprint density at radius 2 is 1.86 bits per heavy atom. The zero-order valence-electron chi connectivity index (χ0n) is 12.4. The molecule has 1 aliphatic carbocycles. The van der Waals surface area contributed by atoms with Gasteiger partial charge in [0.1, 0.15) is 11.5 Å². The average Bonchev–Trinajstić information content (AvgIpc) is 3.38. The van der Waals surface area contributed by atoms with Crippen molar-refractivity contribution in [2.24, 2.45) is 11.7 Å². The minimum absolute atomic E-state index is 0.0752. The number of amides is 1. The van der Waals surface area contributed by atoms with E-state index in [0.717, 1.165) is 18.6 Å². The van der Waals surface area contributed by atoms with E-state index < -0.39 is 0 Å². The van der Waals surface area contributed by atoms with Gasteiger partial charge in [0, 0.05) is 18.2 Å². The molecule has 0 heterocycles. The fourth-order valence-corrected chi connectivity index (χ4v) is 2.44. The van der Waals surface area contributed by atoms with Crippen molar-refractivity contribution in [3.05, 3.63) is 60.2 Å². The Morgan fingerprint density at radius 3 is 2.55 bits per heavy atom. The van der Waals surface area contributed by atoms with E-state index >= 15 is 0 Å². The highest BCUT2D eigenvalue weighted by Gasteiger charge is 2.31. The molecule has 3 N–H and O–H groups in total. The molecule has 4 nitrogen and oxygen atoms in total. The van der Waals surface area contributed by atoms with Gasteiger partial charge in [-0.15, -0.1) is 0 Å². The molecule has 0 aliphatic heterocycles. The number of benzene rings is 2. The summed E-state index contributed by atoms with van der Waals surface area (Å²) in [5.41, 5.74) is 6.32. The first kappa shape index (κ1) is 14.6. The van der Waals surface area contributed by atoms with Crippen LogP contribution in [0, 0.1) is 5.92 Å². The predicted octanol–water partition coefficient (Wildman–Crippen LogP) is 2.95. The fourth-order valence-electron chi connectivity index (χ4n) is 2.44. The third-order valence-corrected chi connectivity index (χ3v) is 3.84. The van der Waals surface area contributed by atoms with E-state index in [4.69, 9.17) is 10.5 Å². The van der Waals surface area contributed by atoms with E-state index in [1.165, 1.54) is 0 Å². The number of carbonyl (C=O) groups is 1. The number of hydrogen-bond acceptors (Lipinski definition) is 3. The first-order chi connectivity index (χ1) is 10.8. The van der Waals surface area contributed by atoms with Gasteiger partial charge in [-0.1, -0.05) is 24.3 Å². The van der Waals surface area contributed by atoms with Gasteiger partial charge in [-0.05, 0) is 49.1 Å². The van der Waals surface area contributed by atoms with Gasteiger partial charge in [-0.25, -0.2) is 0 Å². The summed E-state index contributed by atoms with van der Waals surface area (Å²) in [7, 11) is 0. The van der Waals surface area contributed by atoms with Gasteiger partial charge in [0.2, 0.25) is 0 Å². The van der Waals surface area contributed by atoms with E-state index in [1.54, 1.807) is 12.1 Å². The number of para-hydroxylation sites is 1. The van der Waals surface area contributed by atoms with Gasteiger partial charge in [0.25, 0.3) is 5.91 Å². The quantitative estimate of drug-likeness (QED) is 0.861. The molecular weight excluding hydrogens is 276 g/mol. The van der Waals surface area contributed by atoms with E-state index in [0.29, 0.717) is 23.8 Å². The molecule has 0 spiro atoms. The minimum atomic E-state index is -0.0964. The van der Waals surface area contributed by atoms with Crippen LogP contribution in [0.25, 0.3) is 0 Å². The Kier molecular flexibility index (Phi) is 4.39. The number of hydrogen-bond donors (Lipinski definition) is 2. The maximum absolute atomic E-state index is 12.3. The molecular formula is C18H20N2O2. The van der Waals surface area contributed by atoms with Crippen LogP contribution in [0.5, 0.6) is 11.5 Å². The molecule has 2 aromatic carbocycles. The predicted molar refractivity (Wildman–Crippen MR) is 86.0 cm³/mol. The van der Waals surface area contributed by atoms with Crippen molar-refractivity contribution in [2.75, 3.05) is 6.54 Å². The second-order valence-corrected chi connectivity index (χ2v) is 5.60. The molecule has 4 heteroatoms. The number of carbonyl (C=O) groups excluding carboxylic acids is 1. The molecule has 114 valence electrons. The molecule has 1 aliphatic rings. The van der Waals surface area contributed by atoms with Crippen molar-refractivity contribution in [1.29, 1.82) is 0 Å². The summed E-state index contributed by atoms with van der Waals surface area (Å²) < 4.78 is 5.76. The molecule has 1 fully saturated rings. The Balaban J connectivity index is 1.69. The lowest BCUT2D eigenvalue weighted by molar-refractivity contribution is 0.0933. The van der Waals surface area contributed by atoms with Gasteiger partial charge in [0.15, 0.2) is 0 Å². The topological polar surface area (TPSA) is 64.3 Å². The Morgan fingerprint density at radius 1 is 1.14 bits per heavy atom. The molecule has 0 saturated heterocycles. The van der Waals surface area contributed by atoms with Crippen molar-refractivity contribution in [3.63, 3.8) is 0 Å². The van der Waals surface area contributed by atoms with E-state index in [1.807, 2.05) is 42.5 Å². The first-order valence-electron chi connectivity index (χ1n) is 7.60. The Bertz CT molecular complexity index is 639. The Hall–Kier alpha value is -2.33. The van der Waals surface area contributed by atoms with E-state index in [9.17, 15) is 4.79 Å². The summed E-state index contributed by atoms with van der Waals surface area (Å²) in [5.74, 6) is 1.84. The summed E-state index contributed by atoms with van der Waals surface area (Å²) in [4.78, 5) is 12.3. The van der Waals surface area contributed by atoms with Crippen LogP contribution in [0.3, 0.4) is 0 Å². The lowest BCUT2D eigenvalue weighted by Gasteiger charge is -2.16. The summed E-state index contributed by atoms with van der Waals surface area (Å²) in [6.07, 6.45) is 2.30. The smallest absolute Gasteiger partial charge is 0.251 e. The van der Waals surface area contributed by atoms with E-state index in [-0.39, 0.29) is 11.9 Å². The molecule has 1 saturated carbocycles. The first-order valence-corrected chi connectivity index (χ1v) is 7.60. The normalized spacial score (nSPS) is 15.1. The third-order valence-electron chi connectivity index (χ3n) is 3.84. The van der Waals surface area contributed by atoms with Crippen LogP contribution in [0.4, 0.5) is 0 Å². The van der Waals surface area contributed by atoms with Crippen molar-refractivity contribution in [1.82, 2.24) is 5.32 Å². The second-order valence-electron chi connectivity index (χ2n) is 5.60. The highest BCUT2D eigenvalue weighted by molar-refractivity contribution is 5.94. The zero-order valence-corrected chi connectivity index (χ0v) is 12.4. The SMILES string of the molecule is NC[C@H](NC(=O)c1cccc(Oc2ccccc2)c1)C1CC1. The molecule has 3 rings (SSSR count). The van der Waals surface area contributed by atoms with Gasteiger partial charge < -0.3 is 15.8 Å². The monoisotopic (exact) mass is 296 g/mol. The molecule has 2 aromatic rings. The van der Waals surface area contributed by atoms with Crippen molar-refractivity contribution >= 4 is 5.91 Å². The van der Waals surface area contributed by atoms with Crippen LogP contribution in [0.2, 0.25) is 0 Å². The third kappa shape index (κ3) is 3.65. The molecule has 0 unspecified atom stereocenters. The number of nitrogens with one attached hydrogen (secondary N) is 1. The number of ether oxygens (including phenoxy) is 1. The average molecular weight is 296 g/mol. The van der Waals surface area contributed by atoms with Crippen molar-refractivity contribution < 1.29 is 9.53 Å². The van der Waals surface area contributed by atoms with Crippen molar-refractivity contribution in [3.8, 4) is 11.5 Å². The van der Waals surface area contributed by atoms with Gasteiger partial charge in [-0.3, -0.25) is 4.79 Å². The van der Waals surface area contributed by atoms with Crippen LogP contribution < -0.4 is 15.8 Å². The highest BCUT2D eigenvalue weighted by Crippen LogP contribution is 2.32. The standard InChI is InChI=1S/C18H20N2O2/c19-12-17(13-9-10-13)20-18(21)14-5-4-8-16(11-14)22-15-6-2-1-3-7-15/h1-8,11,13,17H,9-10,12,19H2,(H,20,21)/t17-/m0/s1. The van der Waals surface area contributed by atoms with Crippen LogP contribution in [0.1, 0.15) is 23.2 Å². The van der Waals surface area contributed by atoms with Gasteiger partial charge in [0.05, 0.1) is 0 Å². The van der Waals surface area contributed by atoms with Crippen LogP contribution in [0.15, 0.2) is 54.6 Å². The largest absolute Gasteiger partial charge is 0.457 e. The van der Waals surface area contributed by atoms with Crippen LogP contribution in [-0.4, -0.2) is 18.5 Å². The van der Waals surface area contributed by atoms with Gasteiger partial charge in [-0.2, -0.15) is 0 Å². The number of nitrogens with two attached hydrogens (primary N) is 1. The number of rotatable bonds is 6. The van der Waals surface area contributed by atoms with Gasteiger partial charge >= 0.3 is 0 Å². The van der Waals surface area contributed by atoms with Crippen LogP contribution in [-0.2, 0) is 0 Å². The molecule has 22 heavy (non-hydrogen) atoms. The summed E-state index contributed by atoms with van der Waals surface area (Å²) >= 11 is 0. The molecule has 0 aromatic heterocycles. The molecule has 1 atom stereocenters. The second kappa shape index (κ2) is 6.62.